The summed E-state index contributed by atoms with van der Waals surface area (Å²) in [5, 5.41) is -0.374. The molecular weight excluding hydrogens is 179 g/mol. The number of amides is 1. The summed E-state index contributed by atoms with van der Waals surface area (Å²) >= 11 is 0.911. The third-order valence-corrected chi connectivity index (χ3v) is 1.95. The highest BCUT2D eigenvalue weighted by Crippen LogP contribution is 2.17. The van der Waals surface area contributed by atoms with Crippen LogP contribution in [0.1, 0.15) is 0 Å². The normalized spacial score (nSPS) is 9.50. The van der Waals surface area contributed by atoms with Gasteiger partial charge in [0.15, 0.2) is 0 Å². The SMILES string of the molecule is NNC(=O)Sc1ccc(F)cc1. The fourth-order valence-corrected chi connectivity index (χ4v) is 1.18. The average molecular weight is 186 g/mol. The molecule has 1 aromatic carbocycles. The third-order valence-electron chi connectivity index (χ3n) is 1.14. The van der Waals surface area contributed by atoms with E-state index in [1.165, 1.54) is 24.3 Å². The van der Waals surface area contributed by atoms with Crippen LogP contribution in [0, 0.1) is 5.82 Å². The van der Waals surface area contributed by atoms with E-state index in [0.29, 0.717) is 4.90 Å². The Labute approximate surface area is 73.1 Å². The molecule has 1 amide bonds. The Morgan fingerprint density at radius 2 is 2.00 bits per heavy atom. The number of hydrogen-bond donors (Lipinski definition) is 2. The number of halogens is 1. The van der Waals surface area contributed by atoms with Crippen molar-refractivity contribution in [3.8, 4) is 0 Å². The van der Waals surface area contributed by atoms with Gasteiger partial charge in [-0.2, -0.15) is 0 Å². The van der Waals surface area contributed by atoms with Crippen LogP contribution in [0.3, 0.4) is 0 Å². The first-order valence-electron chi connectivity index (χ1n) is 3.16. The van der Waals surface area contributed by atoms with Crippen molar-refractivity contribution in [1.29, 1.82) is 0 Å². The van der Waals surface area contributed by atoms with Crippen LogP contribution in [0.4, 0.5) is 9.18 Å². The number of carbonyl (C=O) groups excluding carboxylic acids is 1. The highest BCUT2D eigenvalue weighted by molar-refractivity contribution is 8.13. The molecule has 0 saturated heterocycles. The van der Waals surface area contributed by atoms with E-state index in [9.17, 15) is 9.18 Å². The summed E-state index contributed by atoms with van der Waals surface area (Å²) in [5.41, 5.74) is 1.96. The summed E-state index contributed by atoms with van der Waals surface area (Å²) in [6.07, 6.45) is 0. The van der Waals surface area contributed by atoms with Gasteiger partial charge in [-0.25, -0.2) is 10.2 Å². The first-order chi connectivity index (χ1) is 5.72. The van der Waals surface area contributed by atoms with Crippen molar-refractivity contribution in [3.05, 3.63) is 30.1 Å². The van der Waals surface area contributed by atoms with Crippen LogP contribution in [0.25, 0.3) is 0 Å². The Bertz CT molecular complexity index is 275. The summed E-state index contributed by atoms with van der Waals surface area (Å²) in [6.45, 7) is 0. The molecule has 0 fully saturated rings. The monoisotopic (exact) mass is 186 g/mol. The predicted octanol–water partition coefficient (Wildman–Crippen LogP) is 1.50. The van der Waals surface area contributed by atoms with E-state index in [1.54, 1.807) is 0 Å². The molecule has 1 aromatic rings. The first-order valence-corrected chi connectivity index (χ1v) is 3.98. The molecule has 0 radical (unpaired) electrons. The second-order valence-electron chi connectivity index (χ2n) is 1.99. The molecule has 0 aliphatic rings. The van der Waals surface area contributed by atoms with Crippen LogP contribution in [-0.4, -0.2) is 5.24 Å². The fraction of sp³-hybridized carbons (Fsp3) is 0. The number of nitrogens with two attached hydrogens (primary N) is 1. The van der Waals surface area contributed by atoms with Gasteiger partial charge in [0.05, 0.1) is 0 Å². The Morgan fingerprint density at radius 3 is 2.50 bits per heavy atom. The summed E-state index contributed by atoms with van der Waals surface area (Å²) in [6, 6.07) is 5.59. The van der Waals surface area contributed by atoms with Crippen LogP contribution in [-0.2, 0) is 0 Å². The largest absolute Gasteiger partial charge is 0.297 e. The first kappa shape index (κ1) is 9.02. The number of nitrogens with one attached hydrogen (secondary N) is 1. The highest BCUT2D eigenvalue weighted by atomic mass is 32.2. The van der Waals surface area contributed by atoms with Crippen LogP contribution in [0.2, 0.25) is 0 Å². The van der Waals surface area contributed by atoms with Crippen molar-refractivity contribution in [2.75, 3.05) is 0 Å². The second kappa shape index (κ2) is 4.08. The third kappa shape index (κ3) is 2.52. The van der Waals surface area contributed by atoms with E-state index in [-0.39, 0.29) is 11.1 Å². The smallest absolute Gasteiger partial charge is 0.285 e. The van der Waals surface area contributed by atoms with Crippen molar-refractivity contribution in [1.82, 2.24) is 5.43 Å². The summed E-state index contributed by atoms with van der Waals surface area (Å²) in [7, 11) is 0. The highest BCUT2D eigenvalue weighted by Gasteiger charge is 2.00. The van der Waals surface area contributed by atoms with E-state index < -0.39 is 0 Å². The quantitative estimate of drug-likeness (QED) is 0.302. The molecule has 1 rings (SSSR count). The number of hydrogen-bond acceptors (Lipinski definition) is 3. The van der Waals surface area contributed by atoms with Crippen LogP contribution in [0.15, 0.2) is 29.2 Å². The van der Waals surface area contributed by atoms with Crippen molar-refractivity contribution in [3.63, 3.8) is 0 Å². The van der Waals surface area contributed by atoms with Crippen molar-refractivity contribution in [2.24, 2.45) is 5.84 Å². The maximum absolute atomic E-state index is 12.4. The molecule has 64 valence electrons. The zero-order valence-electron chi connectivity index (χ0n) is 6.08. The molecule has 12 heavy (non-hydrogen) atoms. The lowest BCUT2D eigenvalue weighted by Gasteiger charge is -1.97. The lowest BCUT2D eigenvalue weighted by atomic mass is 10.4. The number of hydrazine groups is 1. The van der Waals surface area contributed by atoms with E-state index in [1.807, 2.05) is 5.43 Å². The van der Waals surface area contributed by atoms with Crippen LogP contribution >= 0.6 is 11.8 Å². The number of carbonyl (C=O) groups is 1. The van der Waals surface area contributed by atoms with Crippen LogP contribution < -0.4 is 11.3 Å². The molecule has 5 heteroatoms. The van der Waals surface area contributed by atoms with Gasteiger partial charge in [-0.05, 0) is 36.0 Å². The fourth-order valence-electron chi connectivity index (χ4n) is 0.639. The average Bonchev–Trinajstić information content (AvgIpc) is 2.09. The second-order valence-corrected chi connectivity index (χ2v) is 3.03. The standard InChI is InChI=1S/C7H7FN2OS/c8-5-1-3-6(4-2-5)12-7(11)10-9/h1-4H,9H2,(H,10,11). The van der Waals surface area contributed by atoms with E-state index in [2.05, 4.69) is 0 Å². The maximum atomic E-state index is 12.4. The van der Waals surface area contributed by atoms with Gasteiger partial charge in [0.25, 0.3) is 5.24 Å². The minimum atomic E-state index is -0.374. The molecule has 0 aromatic heterocycles. The minimum Gasteiger partial charge on any atom is -0.285 e. The molecule has 3 nitrogen and oxygen atoms in total. The van der Waals surface area contributed by atoms with E-state index in [4.69, 9.17) is 5.84 Å². The van der Waals surface area contributed by atoms with Gasteiger partial charge in [0.2, 0.25) is 0 Å². The van der Waals surface area contributed by atoms with Crippen molar-refractivity contribution in [2.45, 2.75) is 4.90 Å². The maximum Gasteiger partial charge on any atom is 0.297 e. The summed E-state index contributed by atoms with van der Waals surface area (Å²) < 4.78 is 12.4. The molecule has 0 aliphatic carbocycles. The van der Waals surface area contributed by atoms with Crippen LogP contribution in [0.5, 0.6) is 0 Å². The molecule has 0 heterocycles. The summed E-state index contributed by atoms with van der Waals surface area (Å²) in [5.74, 6) is 4.53. The lowest BCUT2D eigenvalue weighted by Crippen LogP contribution is -2.25. The zero-order valence-corrected chi connectivity index (χ0v) is 6.90. The zero-order chi connectivity index (χ0) is 8.97. The Morgan fingerprint density at radius 1 is 1.42 bits per heavy atom. The van der Waals surface area contributed by atoms with Crippen molar-refractivity contribution < 1.29 is 9.18 Å². The number of rotatable bonds is 1. The molecule has 0 bridgehead atoms. The Kier molecular flexibility index (Phi) is 3.07. The van der Waals surface area contributed by atoms with E-state index >= 15 is 0 Å². The van der Waals surface area contributed by atoms with Crippen molar-refractivity contribution >= 4 is 17.0 Å². The minimum absolute atomic E-state index is 0.326. The summed E-state index contributed by atoms with van der Waals surface area (Å²) in [4.78, 5) is 11.4. The van der Waals surface area contributed by atoms with E-state index in [0.717, 1.165) is 11.8 Å². The molecule has 0 aliphatic heterocycles. The topological polar surface area (TPSA) is 55.1 Å². The van der Waals surface area contributed by atoms with Gasteiger partial charge >= 0.3 is 0 Å². The van der Waals surface area contributed by atoms with Gasteiger partial charge < -0.3 is 0 Å². The van der Waals surface area contributed by atoms with Gasteiger partial charge in [-0.15, -0.1) is 0 Å². The molecule has 3 N–H and O–H groups in total. The Hall–Kier alpha value is -1.07. The van der Waals surface area contributed by atoms with Gasteiger partial charge in [-0.3, -0.25) is 10.2 Å². The number of benzene rings is 1. The lowest BCUT2D eigenvalue weighted by molar-refractivity contribution is 0.261. The molecule has 0 saturated carbocycles. The molecule has 0 unspecified atom stereocenters. The predicted molar refractivity (Wildman–Crippen MR) is 45.0 cm³/mol. The van der Waals surface area contributed by atoms with Gasteiger partial charge in [-0.1, -0.05) is 0 Å². The van der Waals surface area contributed by atoms with Gasteiger partial charge in [0, 0.05) is 4.90 Å². The number of thioether (sulfide) groups is 1. The molecular formula is C7H7FN2OS. The van der Waals surface area contributed by atoms with Gasteiger partial charge in [0.1, 0.15) is 5.82 Å². The molecule has 0 spiro atoms. The molecule has 0 atom stereocenters. The Balaban J connectivity index is 2.64.